The van der Waals surface area contributed by atoms with Crippen LogP contribution in [0.4, 0.5) is 5.82 Å². The Morgan fingerprint density at radius 3 is 2.67 bits per heavy atom. The highest BCUT2D eigenvalue weighted by molar-refractivity contribution is 6.02. The number of pyridine rings is 3. The molecule has 0 spiro atoms. The fourth-order valence-corrected chi connectivity index (χ4v) is 2.75. The van der Waals surface area contributed by atoms with Crippen LogP contribution in [0.15, 0.2) is 67.4 Å². The molecule has 0 saturated heterocycles. The second kappa shape index (κ2) is 8.48. The van der Waals surface area contributed by atoms with Crippen LogP contribution >= 0.6 is 0 Å². The van der Waals surface area contributed by atoms with E-state index in [1.54, 1.807) is 55.1 Å². The van der Waals surface area contributed by atoms with Crippen LogP contribution in [0.3, 0.4) is 0 Å². The fraction of sp³-hybridized carbons (Fsp3) is 0.143. The molecule has 4 aromatic rings. The van der Waals surface area contributed by atoms with Crippen molar-refractivity contribution in [3.05, 3.63) is 73.1 Å². The lowest BCUT2D eigenvalue weighted by Crippen LogP contribution is -2.15. The van der Waals surface area contributed by atoms with E-state index in [0.717, 1.165) is 0 Å². The smallest absolute Gasteiger partial charge is 0.275 e. The van der Waals surface area contributed by atoms with Crippen molar-refractivity contribution < 1.29 is 9.53 Å². The summed E-state index contributed by atoms with van der Waals surface area (Å²) in [5.74, 6) is 1.73. The Morgan fingerprint density at radius 2 is 1.87 bits per heavy atom. The van der Waals surface area contributed by atoms with Gasteiger partial charge < -0.3 is 14.6 Å². The maximum atomic E-state index is 12.7. The van der Waals surface area contributed by atoms with Gasteiger partial charge in [0.25, 0.3) is 5.91 Å². The summed E-state index contributed by atoms with van der Waals surface area (Å²) >= 11 is 0. The largest absolute Gasteiger partial charge is 0.457 e. The van der Waals surface area contributed by atoms with Crippen molar-refractivity contribution in [1.29, 1.82) is 0 Å². The topological polar surface area (TPSA) is 108 Å². The van der Waals surface area contributed by atoms with Gasteiger partial charge in [0.1, 0.15) is 35.0 Å². The molecule has 0 aliphatic rings. The summed E-state index contributed by atoms with van der Waals surface area (Å²) in [6.45, 7) is 4.07. The number of hydrogen-bond donors (Lipinski definition) is 1. The number of aromatic nitrogens is 6. The van der Waals surface area contributed by atoms with Crippen molar-refractivity contribution in [2.45, 2.75) is 19.9 Å². The molecule has 0 aliphatic carbocycles. The lowest BCUT2D eigenvalue weighted by molar-refractivity contribution is 0.102. The highest BCUT2D eigenvalue weighted by Crippen LogP contribution is 2.22. The van der Waals surface area contributed by atoms with Gasteiger partial charge in [-0.3, -0.25) is 14.8 Å². The summed E-state index contributed by atoms with van der Waals surface area (Å²) in [6.07, 6.45) is 6.43. The first-order valence-corrected chi connectivity index (χ1v) is 9.32. The molecule has 0 unspecified atom stereocenters. The van der Waals surface area contributed by atoms with Gasteiger partial charge in [-0.15, -0.1) is 10.2 Å². The molecule has 4 heterocycles. The molecule has 1 N–H and O–H groups in total. The van der Waals surface area contributed by atoms with Crippen LogP contribution in [0.1, 0.15) is 30.4 Å². The van der Waals surface area contributed by atoms with E-state index in [4.69, 9.17) is 4.74 Å². The monoisotopic (exact) mass is 401 g/mol. The predicted octanol–water partition coefficient (Wildman–Crippen LogP) is 3.76. The minimum Gasteiger partial charge on any atom is -0.457 e. The van der Waals surface area contributed by atoms with Crippen molar-refractivity contribution >= 4 is 11.7 Å². The summed E-state index contributed by atoms with van der Waals surface area (Å²) in [7, 11) is 0. The normalized spacial score (nSPS) is 10.8. The Labute approximate surface area is 172 Å². The molecule has 1 amide bonds. The molecular weight excluding hydrogens is 382 g/mol. The molecule has 0 bridgehead atoms. The van der Waals surface area contributed by atoms with E-state index < -0.39 is 5.91 Å². The summed E-state index contributed by atoms with van der Waals surface area (Å²) in [4.78, 5) is 25.2. The number of ether oxygens (including phenoxy) is 1. The third-order valence-corrected chi connectivity index (χ3v) is 4.20. The van der Waals surface area contributed by atoms with Gasteiger partial charge in [0.15, 0.2) is 5.82 Å². The molecule has 0 aliphatic heterocycles. The van der Waals surface area contributed by atoms with Crippen LogP contribution in [0.5, 0.6) is 11.5 Å². The standard InChI is InChI=1S/C21H19N7O2/c1-14(2)28-13-24-27-20(28)17-4-3-5-19(25-17)26-21(29)18-12-16(8-11-23-18)30-15-6-9-22-10-7-15/h3-14H,1-2H3,(H,25,26,29). The first-order valence-electron chi connectivity index (χ1n) is 9.32. The Kier molecular flexibility index (Phi) is 5.42. The van der Waals surface area contributed by atoms with Gasteiger partial charge in [-0.1, -0.05) is 6.07 Å². The molecule has 150 valence electrons. The van der Waals surface area contributed by atoms with E-state index in [1.807, 2.05) is 24.5 Å². The molecule has 0 saturated carbocycles. The van der Waals surface area contributed by atoms with Crippen LogP contribution < -0.4 is 10.1 Å². The van der Waals surface area contributed by atoms with Gasteiger partial charge >= 0.3 is 0 Å². The predicted molar refractivity (Wildman–Crippen MR) is 110 cm³/mol. The highest BCUT2D eigenvalue weighted by Gasteiger charge is 2.14. The molecule has 0 radical (unpaired) electrons. The Balaban J connectivity index is 1.52. The average molecular weight is 401 g/mol. The maximum Gasteiger partial charge on any atom is 0.275 e. The fourth-order valence-electron chi connectivity index (χ4n) is 2.75. The number of amides is 1. The molecule has 0 aromatic carbocycles. The zero-order chi connectivity index (χ0) is 20.9. The summed E-state index contributed by atoms with van der Waals surface area (Å²) < 4.78 is 7.64. The first kappa shape index (κ1) is 19.2. The number of anilines is 1. The van der Waals surface area contributed by atoms with Gasteiger partial charge in [-0.2, -0.15) is 0 Å². The number of rotatable bonds is 6. The first-order chi connectivity index (χ1) is 14.6. The van der Waals surface area contributed by atoms with Crippen LogP contribution in [0.25, 0.3) is 11.5 Å². The molecule has 0 fully saturated rings. The molecular formula is C21H19N7O2. The quantitative estimate of drug-likeness (QED) is 0.524. The summed E-state index contributed by atoms with van der Waals surface area (Å²) in [6, 6.07) is 12.2. The average Bonchev–Trinajstić information content (AvgIpc) is 3.25. The lowest BCUT2D eigenvalue weighted by atomic mass is 10.3. The van der Waals surface area contributed by atoms with Crippen molar-refractivity contribution in [3.63, 3.8) is 0 Å². The van der Waals surface area contributed by atoms with Crippen LogP contribution in [-0.2, 0) is 0 Å². The number of carbonyl (C=O) groups excluding carboxylic acids is 1. The molecule has 4 aromatic heterocycles. The zero-order valence-corrected chi connectivity index (χ0v) is 16.4. The van der Waals surface area contributed by atoms with Gasteiger partial charge in [-0.25, -0.2) is 4.98 Å². The molecule has 9 heteroatoms. The maximum absolute atomic E-state index is 12.7. The minimum atomic E-state index is -0.398. The van der Waals surface area contributed by atoms with Gasteiger partial charge in [-0.05, 0) is 44.2 Å². The Hall–Kier alpha value is -4.14. The summed E-state index contributed by atoms with van der Waals surface area (Å²) in [5, 5.41) is 10.9. The van der Waals surface area contributed by atoms with E-state index in [9.17, 15) is 4.79 Å². The van der Waals surface area contributed by atoms with Crippen LogP contribution in [-0.4, -0.2) is 35.6 Å². The third-order valence-electron chi connectivity index (χ3n) is 4.20. The Bertz CT molecular complexity index is 1160. The third kappa shape index (κ3) is 4.30. The van der Waals surface area contributed by atoms with Crippen LogP contribution in [0, 0.1) is 0 Å². The molecule has 9 nitrogen and oxygen atoms in total. The van der Waals surface area contributed by atoms with Crippen molar-refractivity contribution in [3.8, 4) is 23.0 Å². The molecule has 30 heavy (non-hydrogen) atoms. The number of hydrogen-bond acceptors (Lipinski definition) is 7. The minimum absolute atomic E-state index is 0.183. The van der Waals surface area contributed by atoms with E-state index in [1.165, 1.54) is 6.20 Å². The van der Waals surface area contributed by atoms with Gasteiger partial charge in [0.05, 0.1) is 0 Å². The second-order valence-electron chi connectivity index (χ2n) is 6.68. The number of nitrogens with one attached hydrogen (secondary N) is 1. The SMILES string of the molecule is CC(C)n1cnnc1-c1cccc(NC(=O)c2cc(Oc3ccncc3)ccn2)n1. The van der Waals surface area contributed by atoms with E-state index in [-0.39, 0.29) is 11.7 Å². The van der Waals surface area contributed by atoms with Crippen LogP contribution in [0.2, 0.25) is 0 Å². The zero-order valence-electron chi connectivity index (χ0n) is 16.4. The van der Waals surface area contributed by atoms with E-state index in [2.05, 4.69) is 30.5 Å². The van der Waals surface area contributed by atoms with Gasteiger partial charge in [0.2, 0.25) is 0 Å². The second-order valence-corrected chi connectivity index (χ2v) is 6.68. The summed E-state index contributed by atoms with van der Waals surface area (Å²) in [5.41, 5.74) is 0.820. The van der Waals surface area contributed by atoms with Crippen molar-refractivity contribution in [2.75, 3.05) is 5.32 Å². The van der Waals surface area contributed by atoms with Crippen molar-refractivity contribution in [1.82, 2.24) is 29.7 Å². The van der Waals surface area contributed by atoms with Gasteiger partial charge in [0, 0.05) is 30.7 Å². The lowest BCUT2D eigenvalue weighted by Gasteiger charge is -2.11. The van der Waals surface area contributed by atoms with E-state index >= 15 is 0 Å². The molecule has 0 atom stereocenters. The number of nitrogens with zero attached hydrogens (tertiary/aromatic N) is 6. The van der Waals surface area contributed by atoms with E-state index in [0.29, 0.717) is 28.8 Å². The Morgan fingerprint density at radius 1 is 1.07 bits per heavy atom. The number of carbonyl (C=O) groups is 1. The molecule has 4 rings (SSSR count). The van der Waals surface area contributed by atoms with Crippen molar-refractivity contribution in [2.24, 2.45) is 0 Å². The highest BCUT2D eigenvalue weighted by atomic mass is 16.5.